The molecule has 0 saturated carbocycles. The first-order chi connectivity index (χ1) is 12.5. The summed E-state index contributed by atoms with van der Waals surface area (Å²) in [4.78, 5) is 19.1. The Morgan fingerprint density at radius 2 is 1.96 bits per heavy atom. The minimum Gasteiger partial charge on any atom is -0.347 e. The van der Waals surface area contributed by atoms with Gasteiger partial charge in [0, 0.05) is 38.1 Å². The van der Waals surface area contributed by atoms with Crippen LogP contribution >= 0.6 is 11.3 Å². The fourth-order valence-electron chi connectivity index (χ4n) is 3.82. The highest BCUT2D eigenvalue weighted by Gasteiger charge is 2.22. The molecule has 0 spiro atoms. The van der Waals surface area contributed by atoms with Crippen LogP contribution in [0.1, 0.15) is 46.9 Å². The fourth-order valence-corrected chi connectivity index (χ4v) is 4.48. The largest absolute Gasteiger partial charge is 0.347 e. The molecule has 1 aliphatic rings. The molecule has 5 nitrogen and oxygen atoms in total. The van der Waals surface area contributed by atoms with Crippen LogP contribution in [0, 0.1) is 11.8 Å². The van der Waals surface area contributed by atoms with Crippen molar-refractivity contribution < 1.29 is 4.79 Å². The molecule has 2 atom stereocenters. The van der Waals surface area contributed by atoms with E-state index in [0.29, 0.717) is 18.8 Å². The van der Waals surface area contributed by atoms with E-state index in [1.807, 2.05) is 6.07 Å². The zero-order valence-electron chi connectivity index (χ0n) is 15.6. The summed E-state index contributed by atoms with van der Waals surface area (Å²) >= 11 is 1.42. The smallest absolute Gasteiger partial charge is 0.271 e. The molecule has 26 heavy (non-hydrogen) atoms. The van der Waals surface area contributed by atoms with Crippen LogP contribution in [0.25, 0.3) is 0 Å². The van der Waals surface area contributed by atoms with Gasteiger partial charge in [-0.15, -0.1) is 11.3 Å². The average Bonchev–Trinajstić information content (AvgIpc) is 3.09. The van der Waals surface area contributed by atoms with Gasteiger partial charge < -0.3 is 11.1 Å². The maximum absolute atomic E-state index is 12.3. The molecule has 6 heteroatoms. The molecule has 0 aliphatic carbocycles. The maximum atomic E-state index is 12.3. The van der Waals surface area contributed by atoms with Gasteiger partial charge in [0.25, 0.3) is 5.91 Å². The van der Waals surface area contributed by atoms with E-state index in [4.69, 9.17) is 5.73 Å². The van der Waals surface area contributed by atoms with Crippen LogP contribution < -0.4 is 11.1 Å². The quantitative estimate of drug-likeness (QED) is 0.818. The number of amides is 1. The minimum atomic E-state index is -0.143. The third kappa shape index (κ3) is 4.90. The van der Waals surface area contributed by atoms with Crippen LogP contribution in [-0.4, -0.2) is 28.9 Å². The van der Waals surface area contributed by atoms with Gasteiger partial charge in [0.2, 0.25) is 0 Å². The number of carbonyl (C=O) groups excluding carboxylic acids is 1. The normalized spacial score (nSPS) is 20.9. The summed E-state index contributed by atoms with van der Waals surface area (Å²) in [6, 6.07) is 8.37. The number of nitrogens with zero attached hydrogens (tertiary/aromatic N) is 2. The Hall–Kier alpha value is -1.76. The number of piperidine rings is 1. The van der Waals surface area contributed by atoms with E-state index < -0.39 is 0 Å². The second-order valence-electron chi connectivity index (χ2n) is 7.42. The number of nitrogens with one attached hydrogen (secondary N) is 1. The van der Waals surface area contributed by atoms with E-state index in [2.05, 4.69) is 47.2 Å². The van der Waals surface area contributed by atoms with Crippen LogP contribution in [0.5, 0.6) is 0 Å². The second-order valence-corrected chi connectivity index (χ2v) is 8.36. The van der Waals surface area contributed by atoms with E-state index in [1.165, 1.54) is 28.9 Å². The number of hydrogen-bond acceptors (Lipinski definition) is 5. The Balaban J connectivity index is 1.62. The summed E-state index contributed by atoms with van der Waals surface area (Å²) in [5.74, 6) is 1.34. The molecule has 1 aromatic heterocycles. The highest BCUT2D eigenvalue weighted by atomic mass is 32.1. The predicted octanol–water partition coefficient (Wildman–Crippen LogP) is 3.01. The van der Waals surface area contributed by atoms with Gasteiger partial charge in [-0.3, -0.25) is 9.69 Å². The van der Waals surface area contributed by atoms with Crippen molar-refractivity contribution in [2.45, 2.75) is 39.9 Å². The van der Waals surface area contributed by atoms with E-state index in [-0.39, 0.29) is 5.91 Å². The highest BCUT2D eigenvalue weighted by Crippen LogP contribution is 2.23. The lowest BCUT2D eigenvalue weighted by atomic mass is 9.91. The monoisotopic (exact) mass is 372 g/mol. The van der Waals surface area contributed by atoms with Gasteiger partial charge in [-0.05, 0) is 29.4 Å². The minimum absolute atomic E-state index is 0.143. The molecule has 0 bridgehead atoms. The SMILES string of the molecule is CC1CC(C)CN(Cc2ccccc2CNC(=O)c2csc(CN)n2)C1. The summed E-state index contributed by atoms with van der Waals surface area (Å²) in [7, 11) is 0. The Bertz CT molecular complexity index is 735. The molecule has 1 amide bonds. The Morgan fingerprint density at radius 1 is 1.27 bits per heavy atom. The lowest BCUT2D eigenvalue weighted by molar-refractivity contribution is 0.0946. The molecule has 0 radical (unpaired) electrons. The number of benzene rings is 1. The Kier molecular flexibility index (Phi) is 6.40. The molecule has 2 unspecified atom stereocenters. The summed E-state index contributed by atoms with van der Waals surface area (Å²) in [5.41, 5.74) is 8.47. The molecular weight excluding hydrogens is 344 g/mol. The van der Waals surface area contributed by atoms with Gasteiger partial charge in [-0.1, -0.05) is 38.1 Å². The van der Waals surface area contributed by atoms with Gasteiger partial charge in [0.05, 0.1) is 0 Å². The van der Waals surface area contributed by atoms with Crippen molar-refractivity contribution in [1.29, 1.82) is 0 Å². The van der Waals surface area contributed by atoms with Crippen molar-refractivity contribution in [2.75, 3.05) is 13.1 Å². The topological polar surface area (TPSA) is 71.2 Å². The van der Waals surface area contributed by atoms with Gasteiger partial charge >= 0.3 is 0 Å². The Labute approximate surface area is 159 Å². The van der Waals surface area contributed by atoms with Crippen LogP contribution in [0.15, 0.2) is 29.6 Å². The van der Waals surface area contributed by atoms with Crippen molar-refractivity contribution in [3.05, 3.63) is 51.5 Å². The maximum Gasteiger partial charge on any atom is 0.271 e. The van der Waals surface area contributed by atoms with Crippen LogP contribution in [0.2, 0.25) is 0 Å². The molecule has 3 rings (SSSR count). The molecule has 2 heterocycles. The third-order valence-corrected chi connectivity index (χ3v) is 5.73. The number of thiazole rings is 1. The first-order valence-corrected chi connectivity index (χ1v) is 10.1. The highest BCUT2D eigenvalue weighted by molar-refractivity contribution is 7.09. The van der Waals surface area contributed by atoms with Crippen molar-refractivity contribution >= 4 is 17.2 Å². The molecule has 3 N–H and O–H groups in total. The predicted molar refractivity (Wildman–Crippen MR) is 106 cm³/mol. The second kappa shape index (κ2) is 8.75. The first-order valence-electron chi connectivity index (χ1n) is 9.27. The van der Waals surface area contributed by atoms with E-state index >= 15 is 0 Å². The molecule has 1 saturated heterocycles. The molecule has 1 aliphatic heterocycles. The number of nitrogens with two attached hydrogens (primary N) is 1. The zero-order valence-corrected chi connectivity index (χ0v) is 16.4. The summed E-state index contributed by atoms with van der Waals surface area (Å²) in [6.07, 6.45) is 1.31. The van der Waals surface area contributed by atoms with Gasteiger partial charge in [0.1, 0.15) is 10.7 Å². The van der Waals surface area contributed by atoms with Crippen LogP contribution in [0.3, 0.4) is 0 Å². The van der Waals surface area contributed by atoms with E-state index in [9.17, 15) is 4.79 Å². The average molecular weight is 373 g/mol. The fraction of sp³-hybridized carbons (Fsp3) is 0.500. The van der Waals surface area contributed by atoms with E-state index in [1.54, 1.807) is 5.38 Å². The molecule has 1 fully saturated rings. The third-order valence-electron chi connectivity index (χ3n) is 4.86. The van der Waals surface area contributed by atoms with Crippen molar-refractivity contribution in [3.8, 4) is 0 Å². The van der Waals surface area contributed by atoms with Gasteiger partial charge in [0.15, 0.2) is 0 Å². The number of carbonyl (C=O) groups is 1. The lowest BCUT2D eigenvalue weighted by Crippen LogP contribution is -2.38. The summed E-state index contributed by atoms with van der Waals surface area (Å²) < 4.78 is 0. The molecular formula is C20H28N4OS. The van der Waals surface area contributed by atoms with Crippen molar-refractivity contribution in [2.24, 2.45) is 17.6 Å². The summed E-state index contributed by atoms with van der Waals surface area (Å²) in [5, 5.41) is 5.54. The lowest BCUT2D eigenvalue weighted by Gasteiger charge is -2.35. The van der Waals surface area contributed by atoms with Crippen LogP contribution in [0.4, 0.5) is 0 Å². The molecule has 140 valence electrons. The first kappa shape index (κ1) is 19.0. The Morgan fingerprint density at radius 3 is 2.62 bits per heavy atom. The number of likely N-dealkylation sites (tertiary alicyclic amines) is 1. The summed E-state index contributed by atoms with van der Waals surface area (Å²) in [6.45, 7) is 8.78. The standard InChI is InChI=1S/C20H28N4OS/c1-14-7-15(2)11-24(10-14)12-17-6-4-3-5-16(17)9-22-20(25)18-13-26-19(8-21)23-18/h3-6,13-15H,7-12,21H2,1-2H3,(H,22,25). The molecule has 2 aromatic rings. The van der Waals surface area contributed by atoms with Crippen molar-refractivity contribution in [1.82, 2.24) is 15.2 Å². The number of hydrogen-bond donors (Lipinski definition) is 2. The zero-order chi connectivity index (χ0) is 18.5. The number of aromatic nitrogens is 1. The van der Waals surface area contributed by atoms with Gasteiger partial charge in [-0.25, -0.2) is 4.98 Å². The van der Waals surface area contributed by atoms with Gasteiger partial charge in [-0.2, -0.15) is 0 Å². The van der Waals surface area contributed by atoms with E-state index in [0.717, 1.165) is 36.5 Å². The number of rotatable bonds is 6. The van der Waals surface area contributed by atoms with Crippen LogP contribution in [-0.2, 0) is 19.6 Å². The molecule has 1 aromatic carbocycles. The van der Waals surface area contributed by atoms with Crippen molar-refractivity contribution in [3.63, 3.8) is 0 Å².